The number of benzene rings is 5. The number of hydrogen-bond acceptors (Lipinski definition) is 7. The van der Waals surface area contributed by atoms with Gasteiger partial charge in [0.25, 0.3) is 0 Å². The Kier molecular flexibility index (Phi) is 7.87. The summed E-state index contributed by atoms with van der Waals surface area (Å²) in [5, 5.41) is 9.93. The van der Waals surface area contributed by atoms with Crippen molar-refractivity contribution in [3.8, 4) is 17.2 Å². The summed E-state index contributed by atoms with van der Waals surface area (Å²) in [5.74, 6) is -1.40. The minimum absolute atomic E-state index is 0.210. The molecule has 0 saturated heterocycles. The Labute approximate surface area is 235 Å². The summed E-state index contributed by atoms with van der Waals surface area (Å²) in [4.78, 5) is 38.2. The van der Waals surface area contributed by atoms with Crippen LogP contribution in [0.15, 0.2) is 102 Å². The number of fused-ring (bicyclic) bond motifs is 2. The van der Waals surface area contributed by atoms with Crippen LogP contribution in [0.2, 0.25) is 0 Å². The third kappa shape index (κ3) is 5.84. The van der Waals surface area contributed by atoms with Crippen molar-refractivity contribution in [2.75, 3.05) is 19.5 Å². The Balaban J connectivity index is 1.36. The van der Waals surface area contributed by atoms with Crippen molar-refractivity contribution in [3.05, 3.63) is 108 Å². The average molecular weight is 548 g/mol. The Morgan fingerprint density at radius 1 is 0.683 bits per heavy atom. The first-order valence-corrected chi connectivity index (χ1v) is 12.6. The van der Waals surface area contributed by atoms with Gasteiger partial charge in [0, 0.05) is 16.6 Å². The van der Waals surface area contributed by atoms with Crippen LogP contribution in [-0.4, -0.2) is 38.2 Å². The van der Waals surface area contributed by atoms with Crippen molar-refractivity contribution >= 4 is 51.2 Å². The van der Waals surface area contributed by atoms with E-state index in [0.29, 0.717) is 22.7 Å². The van der Waals surface area contributed by atoms with Gasteiger partial charge in [0.05, 0.1) is 26.0 Å². The molecule has 0 saturated carbocycles. The van der Waals surface area contributed by atoms with Gasteiger partial charge in [-0.15, -0.1) is 0 Å². The molecule has 0 bridgehead atoms. The summed E-state index contributed by atoms with van der Waals surface area (Å²) in [6.07, 6.45) is 1.34. The molecule has 5 aromatic carbocycles. The number of carbonyl (C=O) groups excluding carboxylic acids is 3. The van der Waals surface area contributed by atoms with Crippen molar-refractivity contribution in [2.45, 2.75) is 0 Å². The number of rotatable bonds is 7. The number of esters is 1. The normalized spacial score (nSPS) is 10.9. The number of ether oxygens (including phenoxy) is 3. The Bertz CT molecular complexity index is 1810. The van der Waals surface area contributed by atoms with Crippen molar-refractivity contribution in [1.29, 1.82) is 0 Å². The number of carbonyl (C=O) groups is 3. The highest BCUT2D eigenvalue weighted by Gasteiger charge is 2.17. The fraction of sp³-hybridized carbons (Fsp3) is 0.0625. The molecule has 0 heterocycles. The predicted molar refractivity (Wildman–Crippen MR) is 157 cm³/mol. The monoisotopic (exact) mass is 547 g/mol. The molecule has 0 atom stereocenters. The van der Waals surface area contributed by atoms with E-state index >= 15 is 0 Å². The molecule has 5 rings (SSSR count). The predicted octanol–water partition coefficient (Wildman–Crippen LogP) is 5.32. The van der Waals surface area contributed by atoms with Crippen LogP contribution in [0.3, 0.4) is 0 Å². The van der Waals surface area contributed by atoms with Crippen LogP contribution in [0.5, 0.6) is 17.2 Å². The molecule has 0 fully saturated rings. The Morgan fingerprint density at radius 2 is 1.34 bits per heavy atom. The summed E-state index contributed by atoms with van der Waals surface area (Å²) < 4.78 is 16.2. The molecule has 0 aliphatic carbocycles. The molecule has 2 amide bonds. The lowest BCUT2D eigenvalue weighted by Gasteiger charge is -2.12. The van der Waals surface area contributed by atoms with Gasteiger partial charge in [-0.3, -0.25) is 9.59 Å². The van der Waals surface area contributed by atoms with E-state index < -0.39 is 17.8 Å². The van der Waals surface area contributed by atoms with Crippen molar-refractivity contribution in [1.82, 2.24) is 5.43 Å². The summed E-state index contributed by atoms with van der Waals surface area (Å²) in [5.41, 5.74) is 3.44. The van der Waals surface area contributed by atoms with Crippen LogP contribution in [0.4, 0.5) is 5.69 Å². The molecule has 0 spiro atoms. The van der Waals surface area contributed by atoms with Gasteiger partial charge in [0.2, 0.25) is 0 Å². The first-order valence-electron chi connectivity index (χ1n) is 12.6. The molecule has 204 valence electrons. The topological polar surface area (TPSA) is 115 Å². The maximum Gasteiger partial charge on any atom is 0.343 e. The molecular weight excluding hydrogens is 522 g/mol. The van der Waals surface area contributed by atoms with Gasteiger partial charge in [0.15, 0.2) is 11.5 Å². The molecule has 0 aliphatic rings. The van der Waals surface area contributed by atoms with E-state index in [9.17, 15) is 14.4 Å². The second kappa shape index (κ2) is 12.0. The lowest BCUT2D eigenvalue weighted by Crippen LogP contribution is -2.32. The number of anilines is 1. The molecule has 5 aromatic rings. The minimum Gasteiger partial charge on any atom is -0.493 e. The summed E-state index contributed by atoms with van der Waals surface area (Å²) in [6.45, 7) is 0. The number of hydrazone groups is 1. The smallest absolute Gasteiger partial charge is 0.343 e. The van der Waals surface area contributed by atoms with Crippen molar-refractivity contribution in [2.24, 2.45) is 5.10 Å². The molecule has 41 heavy (non-hydrogen) atoms. The van der Waals surface area contributed by atoms with Crippen LogP contribution in [0, 0.1) is 0 Å². The van der Waals surface area contributed by atoms with Crippen LogP contribution < -0.4 is 25.0 Å². The maximum atomic E-state index is 13.0. The molecule has 9 heteroatoms. The molecule has 9 nitrogen and oxygen atoms in total. The van der Waals surface area contributed by atoms with E-state index in [2.05, 4.69) is 15.8 Å². The van der Waals surface area contributed by atoms with E-state index in [-0.39, 0.29) is 11.3 Å². The van der Waals surface area contributed by atoms with Crippen LogP contribution in [0.1, 0.15) is 15.9 Å². The van der Waals surface area contributed by atoms with Crippen molar-refractivity contribution in [3.63, 3.8) is 0 Å². The largest absolute Gasteiger partial charge is 0.493 e. The van der Waals surface area contributed by atoms with Crippen molar-refractivity contribution < 1.29 is 28.6 Å². The van der Waals surface area contributed by atoms with Gasteiger partial charge >= 0.3 is 17.8 Å². The number of nitrogens with zero attached hydrogens (tertiary/aromatic N) is 1. The number of methoxy groups -OCH3 is 2. The third-order valence-electron chi connectivity index (χ3n) is 6.36. The zero-order chi connectivity index (χ0) is 28.8. The number of amides is 2. The fourth-order valence-corrected chi connectivity index (χ4v) is 4.34. The highest BCUT2D eigenvalue weighted by atomic mass is 16.5. The van der Waals surface area contributed by atoms with E-state index in [1.807, 2.05) is 54.6 Å². The van der Waals surface area contributed by atoms with Crippen LogP contribution in [-0.2, 0) is 9.59 Å². The molecule has 2 N–H and O–H groups in total. The highest BCUT2D eigenvalue weighted by Crippen LogP contribution is 2.30. The van der Waals surface area contributed by atoms with Gasteiger partial charge in [-0.25, -0.2) is 10.2 Å². The number of hydrogen-bond donors (Lipinski definition) is 2. The number of nitrogens with one attached hydrogen (secondary N) is 2. The zero-order valence-corrected chi connectivity index (χ0v) is 22.2. The van der Waals surface area contributed by atoms with Gasteiger partial charge < -0.3 is 19.5 Å². The Morgan fingerprint density at radius 3 is 2.10 bits per heavy atom. The Hall–Kier alpha value is -5.70. The van der Waals surface area contributed by atoms with Crippen LogP contribution >= 0.6 is 0 Å². The third-order valence-corrected chi connectivity index (χ3v) is 6.36. The lowest BCUT2D eigenvalue weighted by atomic mass is 10.0. The highest BCUT2D eigenvalue weighted by molar-refractivity contribution is 6.40. The second-order valence-corrected chi connectivity index (χ2v) is 8.84. The first-order chi connectivity index (χ1) is 20.0. The quantitative estimate of drug-likeness (QED) is 0.0937. The maximum absolute atomic E-state index is 13.0. The van der Waals surface area contributed by atoms with Gasteiger partial charge in [-0.2, -0.15) is 5.10 Å². The molecular formula is C32H25N3O6. The van der Waals surface area contributed by atoms with Gasteiger partial charge in [0.1, 0.15) is 5.75 Å². The lowest BCUT2D eigenvalue weighted by molar-refractivity contribution is -0.136. The van der Waals surface area contributed by atoms with E-state index in [1.165, 1.54) is 26.5 Å². The van der Waals surface area contributed by atoms with E-state index in [1.54, 1.807) is 36.4 Å². The minimum atomic E-state index is -0.960. The summed E-state index contributed by atoms with van der Waals surface area (Å²) >= 11 is 0. The van der Waals surface area contributed by atoms with Crippen LogP contribution in [0.25, 0.3) is 21.5 Å². The van der Waals surface area contributed by atoms with Gasteiger partial charge in [-0.1, -0.05) is 66.7 Å². The molecule has 0 unspecified atom stereocenters. The van der Waals surface area contributed by atoms with E-state index in [4.69, 9.17) is 14.2 Å². The SMILES string of the molecule is COc1ccc(C(=O)Oc2ccc3ccccc3c2C=NNC(=O)C(=O)Nc2cccc3ccccc23)cc1OC. The standard InChI is InChI=1S/C32H25N3O6/c1-39-28-17-15-22(18-29(28)40-2)32(38)41-27-16-14-21-9-3-5-11-23(21)25(27)19-33-35-31(37)30(36)34-26-13-7-10-20-8-4-6-12-24(20)26/h3-19H,1-2H3,(H,34,36)(H,35,37). The average Bonchev–Trinajstić information content (AvgIpc) is 3.01. The molecule has 0 radical (unpaired) electrons. The summed E-state index contributed by atoms with van der Waals surface area (Å²) in [7, 11) is 2.98. The molecule has 0 aliphatic heterocycles. The summed E-state index contributed by atoms with van der Waals surface area (Å²) in [6, 6.07) is 28.5. The fourth-order valence-electron chi connectivity index (χ4n) is 4.34. The molecule has 0 aromatic heterocycles. The zero-order valence-electron chi connectivity index (χ0n) is 22.2. The van der Waals surface area contributed by atoms with E-state index in [0.717, 1.165) is 21.5 Å². The second-order valence-electron chi connectivity index (χ2n) is 8.84. The first kappa shape index (κ1) is 26.9. The van der Waals surface area contributed by atoms with Gasteiger partial charge in [-0.05, 0) is 46.5 Å².